The summed E-state index contributed by atoms with van der Waals surface area (Å²) in [4.78, 5) is 14.1. The number of nitrogens with two attached hydrogens (primary N) is 1. The van der Waals surface area contributed by atoms with Crippen molar-refractivity contribution in [2.45, 2.75) is 38.9 Å². The summed E-state index contributed by atoms with van der Waals surface area (Å²) in [5, 5.41) is 0. The summed E-state index contributed by atoms with van der Waals surface area (Å²) in [7, 11) is 0. The molecule has 1 atom stereocenters. The largest absolute Gasteiger partial charge is 0.416 e. The van der Waals surface area contributed by atoms with E-state index in [1.54, 1.807) is 4.90 Å². The first-order chi connectivity index (χ1) is 10.1. The van der Waals surface area contributed by atoms with Crippen molar-refractivity contribution >= 4 is 18.3 Å². The number of rotatable bonds is 2. The van der Waals surface area contributed by atoms with E-state index in [4.69, 9.17) is 5.73 Å². The van der Waals surface area contributed by atoms with E-state index in [9.17, 15) is 18.0 Å². The molecule has 1 saturated heterocycles. The lowest BCUT2D eigenvalue weighted by molar-refractivity contribution is -0.137. The molecule has 0 spiro atoms. The Balaban J connectivity index is 0.00000264. The quantitative estimate of drug-likeness (QED) is 0.890. The van der Waals surface area contributed by atoms with Crippen LogP contribution in [0, 0.1) is 5.41 Å². The summed E-state index contributed by atoms with van der Waals surface area (Å²) < 4.78 is 37.5. The lowest BCUT2D eigenvalue weighted by atomic mass is 9.79. The number of likely N-dealkylation sites (tertiary alicyclic amines) is 1. The number of benzene rings is 1. The summed E-state index contributed by atoms with van der Waals surface area (Å²) in [5.74, 6) is -0.0697. The van der Waals surface area contributed by atoms with Gasteiger partial charge in [-0.15, -0.1) is 12.4 Å². The van der Waals surface area contributed by atoms with Crippen LogP contribution in [0.3, 0.4) is 0 Å². The van der Waals surface area contributed by atoms with Crippen LogP contribution in [0.1, 0.15) is 31.4 Å². The number of piperidine rings is 1. The predicted molar refractivity (Wildman–Crippen MR) is 85.3 cm³/mol. The van der Waals surface area contributed by atoms with Crippen molar-refractivity contribution < 1.29 is 18.0 Å². The molecule has 2 rings (SSSR count). The molecule has 0 aromatic heterocycles. The van der Waals surface area contributed by atoms with Gasteiger partial charge in [0.1, 0.15) is 0 Å². The highest BCUT2D eigenvalue weighted by molar-refractivity contribution is 5.85. The van der Waals surface area contributed by atoms with Crippen molar-refractivity contribution in [2.24, 2.45) is 11.1 Å². The molecule has 1 aliphatic heterocycles. The van der Waals surface area contributed by atoms with Crippen LogP contribution in [-0.2, 0) is 17.4 Å². The lowest BCUT2D eigenvalue weighted by Crippen LogP contribution is -2.54. The highest BCUT2D eigenvalue weighted by Crippen LogP contribution is 2.30. The van der Waals surface area contributed by atoms with Crippen molar-refractivity contribution in [1.29, 1.82) is 0 Å². The molecule has 1 unspecified atom stereocenters. The molecule has 3 nitrogen and oxygen atoms in total. The Kier molecular flexibility index (Phi) is 6.10. The summed E-state index contributed by atoms with van der Waals surface area (Å²) in [5.41, 5.74) is 5.78. The molecule has 1 aromatic rings. The third-order valence-corrected chi connectivity index (χ3v) is 4.30. The molecule has 23 heavy (non-hydrogen) atoms. The van der Waals surface area contributed by atoms with Crippen LogP contribution in [0.2, 0.25) is 0 Å². The minimum Gasteiger partial charge on any atom is -0.342 e. The molecule has 1 aliphatic rings. The summed E-state index contributed by atoms with van der Waals surface area (Å²) in [6.45, 7) is 5.22. The first kappa shape index (κ1) is 19.8. The standard InChI is InChI=1S/C16H21F3N2O.ClH/c1-15(2)10-21(8-7-13(15)20)14(22)9-11-3-5-12(6-4-11)16(17,18)19;/h3-6,13H,7-10,20H2,1-2H3;1H. The van der Waals surface area contributed by atoms with E-state index in [0.717, 1.165) is 18.6 Å². The molecule has 130 valence electrons. The number of nitrogens with zero attached hydrogens (tertiary/aromatic N) is 1. The topological polar surface area (TPSA) is 46.3 Å². The maximum absolute atomic E-state index is 12.5. The van der Waals surface area contributed by atoms with Gasteiger partial charge in [0.25, 0.3) is 0 Å². The molecule has 7 heteroatoms. The van der Waals surface area contributed by atoms with Gasteiger partial charge in [0, 0.05) is 19.1 Å². The number of alkyl halides is 3. The Morgan fingerprint density at radius 2 is 1.87 bits per heavy atom. The molecule has 2 N–H and O–H groups in total. The van der Waals surface area contributed by atoms with Crippen molar-refractivity contribution in [2.75, 3.05) is 13.1 Å². The minimum absolute atomic E-state index is 0. The van der Waals surface area contributed by atoms with Crippen LogP contribution in [-0.4, -0.2) is 29.9 Å². The molecular weight excluding hydrogens is 329 g/mol. The van der Waals surface area contributed by atoms with Gasteiger partial charge in [0.2, 0.25) is 5.91 Å². The fourth-order valence-electron chi connectivity index (χ4n) is 2.68. The average molecular weight is 351 g/mol. The molecule has 0 aliphatic carbocycles. The van der Waals surface area contributed by atoms with E-state index in [0.29, 0.717) is 18.7 Å². The predicted octanol–water partition coefficient (Wildman–Crippen LogP) is 3.26. The maximum Gasteiger partial charge on any atom is 0.416 e. The van der Waals surface area contributed by atoms with E-state index in [2.05, 4.69) is 0 Å². The van der Waals surface area contributed by atoms with Gasteiger partial charge >= 0.3 is 6.18 Å². The van der Waals surface area contributed by atoms with E-state index >= 15 is 0 Å². The first-order valence-electron chi connectivity index (χ1n) is 7.29. The van der Waals surface area contributed by atoms with Crippen LogP contribution in [0.5, 0.6) is 0 Å². The van der Waals surface area contributed by atoms with Gasteiger partial charge in [-0.05, 0) is 29.5 Å². The zero-order valence-electron chi connectivity index (χ0n) is 13.2. The highest BCUT2D eigenvalue weighted by atomic mass is 35.5. The van der Waals surface area contributed by atoms with Gasteiger partial charge in [-0.25, -0.2) is 0 Å². The SMILES string of the molecule is CC1(C)CN(C(=O)Cc2ccc(C(F)(F)F)cc2)CCC1N.Cl. The van der Waals surface area contributed by atoms with E-state index in [1.807, 2.05) is 13.8 Å². The Morgan fingerprint density at radius 1 is 1.30 bits per heavy atom. The van der Waals surface area contributed by atoms with Gasteiger partial charge in [-0.3, -0.25) is 4.79 Å². The zero-order chi connectivity index (χ0) is 16.5. The fourth-order valence-corrected chi connectivity index (χ4v) is 2.68. The second-order valence-corrected chi connectivity index (χ2v) is 6.57. The molecule has 1 heterocycles. The van der Waals surface area contributed by atoms with E-state index in [-0.39, 0.29) is 36.2 Å². The number of carbonyl (C=O) groups is 1. The second-order valence-electron chi connectivity index (χ2n) is 6.57. The van der Waals surface area contributed by atoms with Crippen molar-refractivity contribution in [3.8, 4) is 0 Å². The fraction of sp³-hybridized carbons (Fsp3) is 0.562. The van der Waals surface area contributed by atoms with Crippen LogP contribution >= 0.6 is 12.4 Å². The normalized spacial score (nSPS) is 20.8. The number of hydrogen-bond donors (Lipinski definition) is 1. The van der Waals surface area contributed by atoms with Crippen LogP contribution in [0.4, 0.5) is 13.2 Å². The lowest BCUT2D eigenvalue weighted by Gasteiger charge is -2.42. The van der Waals surface area contributed by atoms with Crippen LogP contribution in [0.15, 0.2) is 24.3 Å². The number of hydrogen-bond acceptors (Lipinski definition) is 2. The summed E-state index contributed by atoms with van der Waals surface area (Å²) in [6, 6.07) is 4.81. The van der Waals surface area contributed by atoms with Crippen molar-refractivity contribution in [3.05, 3.63) is 35.4 Å². The first-order valence-corrected chi connectivity index (χ1v) is 7.29. The Bertz CT molecular complexity index is 543. The van der Waals surface area contributed by atoms with Gasteiger partial charge in [-0.2, -0.15) is 13.2 Å². The molecule has 0 radical (unpaired) electrons. The van der Waals surface area contributed by atoms with E-state index in [1.165, 1.54) is 12.1 Å². The molecule has 1 aromatic carbocycles. The van der Waals surface area contributed by atoms with Crippen molar-refractivity contribution in [1.82, 2.24) is 4.90 Å². The van der Waals surface area contributed by atoms with Gasteiger partial charge in [-0.1, -0.05) is 26.0 Å². The van der Waals surface area contributed by atoms with Crippen molar-refractivity contribution in [3.63, 3.8) is 0 Å². The monoisotopic (exact) mass is 350 g/mol. The molecule has 1 fully saturated rings. The maximum atomic E-state index is 12.5. The molecule has 0 saturated carbocycles. The molecule has 0 bridgehead atoms. The minimum atomic E-state index is -4.35. The summed E-state index contributed by atoms with van der Waals surface area (Å²) in [6.07, 6.45) is -3.50. The molecular formula is C16H22ClF3N2O. The number of carbonyl (C=O) groups excluding carboxylic acids is 1. The Morgan fingerprint density at radius 3 is 2.35 bits per heavy atom. The van der Waals surface area contributed by atoms with Gasteiger partial charge in [0.05, 0.1) is 12.0 Å². The third-order valence-electron chi connectivity index (χ3n) is 4.30. The van der Waals surface area contributed by atoms with Crippen LogP contribution in [0.25, 0.3) is 0 Å². The Labute approximate surface area is 140 Å². The number of halogens is 4. The number of amides is 1. The Hall–Kier alpha value is -1.27. The second kappa shape index (κ2) is 7.09. The van der Waals surface area contributed by atoms with Gasteiger partial charge < -0.3 is 10.6 Å². The smallest absolute Gasteiger partial charge is 0.342 e. The summed E-state index contributed by atoms with van der Waals surface area (Å²) >= 11 is 0. The van der Waals surface area contributed by atoms with E-state index < -0.39 is 11.7 Å². The third kappa shape index (κ3) is 4.85. The van der Waals surface area contributed by atoms with Crippen LogP contribution < -0.4 is 5.73 Å². The average Bonchev–Trinajstić information content (AvgIpc) is 2.41. The highest BCUT2D eigenvalue weighted by Gasteiger charge is 2.35. The zero-order valence-corrected chi connectivity index (χ0v) is 14.0. The molecule has 1 amide bonds. The van der Waals surface area contributed by atoms with Gasteiger partial charge in [0.15, 0.2) is 0 Å².